The van der Waals surface area contributed by atoms with Crippen molar-refractivity contribution in [2.45, 2.75) is 63.8 Å². The summed E-state index contributed by atoms with van der Waals surface area (Å²) in [6.45, 7) is 5.90. The molecule has 7 heteroatoms. The first-order valence-corrected chi connectivity index (χ1v) is 11.0. The average Bonchev–Trinajstić information content (AvgIpc) is 2.73. The SMILES string of the molecule is CC(C)(C)OC(=O)N[C@H]1CC[C@H]1OC(=O)N1CCc2ccccc2[C@@H]1c1ccc(F)cc1. The lowest BCUT2D eigenvalue weighted by atomic mass is 9.88. The summed E-state index contributed by atoms with van der Waals surface area (Å²) in [7, 11) is 0. The maximum Gasteiger partial charge on any atom is 0.410 e. The van der Waals surface area contributed by atoms with Gasteiger partial charge in [-0.2, -0.15) is 0 Å². The third-order valence-electron chi connectivity index (χ3n) is 5.87. The lowest BCUT2D eigenvalue weighted by molar-refractivity contribution is -0.00965. The number of nitrogens with one attached hydrogen (secondary N) is 1. The molecule has 32 heavy (non-hydrogen) atoms. The number of amides is 2. The Hall–Kier alpha value is -3.09. The second-order valence-corrected chi connectivity index (χ2v) is 9.35. The highest BCUT2D eigenvalue weighted by Gasteiger charge is 2.40. The molecule has 0 saturated heterocycles. The molecule has 170 valence electrons. The largest absolute Gasteiger partial charge is 0.444 e. The van der Waals surface area contributed by atoms with Gasteiger partial charge < -0.3 is 14.8 Å². The molecule has 1 saturated carbocycles. The Bertz CT molecular complexity index is 986. The van der Waals surface area contributed by atoms with Crippen molar-refractivity contribution >= 4 is 12.2 Å². The van der Waals surface area contributed by atoms with Gasteiger partial charge in [-0.05, 0) is 68.9 Å². The van der Waals surface area contributed by atoms with Crippen molar-refractivity contribution in [1.29, 1.82) is 0 Å². The molecule has 2 aromatic rings. The Labute approximate surface area is 187 Å². The van der Waals surface area contributed by atoms with Crippen LogP contribution in [0.5, 0.6) is 0 Å². The maximum absolute atomic E-state index is 13.5. The summed E-state index contributed by atoms with van der Waals surface area (Å²) in [5, 5.41) is 2.80. The number of halogens is 1. The molecule has 1 heterocycles. The molecule has 1 aliphatic heterocycles. The van der Waals surface area contributed by atoms with Crippen LogP contribution in [-0.4, -0.2) is 41.4 Å². The molecule has 0 bridgehead atoms. The summed E-state index contributed by atoms with van der Waals surface area (Å²) >= 11 is 0. The zero-order valence-electron chi connectivity index (χ0n) is 18.6. The molecule has 2 aliphatic rings. The van der Waals surface area contributed by atoms with Crippen LogP contribution in [-0.2, 0) is 15.9 Å². The average molecular weight is 441 g/mol. The summed E-state index contributed by atoms with van der Waals surface area (Å²) in [6.07, 6.45) is 0.766. The Morgan fingerprint density at radius 3 is 2.44 bits per heavy atom. The van der Waals surface area contributed by atoms with Crippen LogP contribution in [0.25, 0.3) is 0 Å². The molecule has 0 unspecified atom stereocenters. The van der Waals surface area contributed by atoms with Crippen LogP contribution in [0.1, 0.15) is 56.3 Å². The van der Waals surface area contributed by atoms with Gasteiger partial charge in [0.1, 0.15) is 17.5 Å². The fourth-order valence-corrected chi connectivity index (χ4v) is 4.20. The zero-order valence-corrected chi connectivity index (χ0v) is 18.6. The highest BCUT2D eigenvalue weighted by molar-refractivity contribution is 5.71. The van der Waals surface area contributed by atoms with Gasteiger partial charge in [-0.3, -0.25) is 4.90 Å². The summed E-state index contributed by atoms with van der Waals surface area (Å²) < 4.78 is 24.6. The summed E-state index contributed by atoms with van der Waals surface area (Å²) in [5.74, 6) is -0.322. The summed E-state index contributed by atoms with van der Waals surface area (Å²) in [5.41, 5.74) is 2.41. The molecule has 0 radical (unpaired) electrons. The Balaban J connectivity index is 1.48. The van der Waals surface area contributed by atoms with Crippen molar-refractivity contribution in [3.8, 4) is 0 Å². The van der Waals surface area contributed by atoms with Gasteiger partial charge in [0, 0.05) is 6.54 Å². The van der Waals surface area contributed by atoms with Gasteiger partial charge in [-0.15, -0.1) is 0 Å². The predicted molar refractivity (Wildman–Crippen MR) is 118 cm³/mol. The van der Waals surface area contributed by atoms with E-state index in [9.17, 15) is 14.0 Å². The van der Waals surface area contributed by atoms with E-state index in [4.69, 9.17) is 9.47 Å². The van der Waals surface area contributed by atoms with Gasteiger partial charge in [-0.25, -0.2) is 14.0 Å². The minimum Gasteiger partial charge on any atom is -0.444 e. The molecule has 6 nitrogen and oxygen atoms in total. The third-order valence-corrected chi connectivity index (χ3v) is 5.87. The van der Waals surface area contributed by atoms with Gasteiger partial charge in [0.25, 0.3) is 0 Å². The zero-order chi connectivity index (χ0) is 22.9. The Kier molecular flexibility index (Phi) is 6.09. The number of alkyl carbamates (subject to hydrolysis) is 1. The topological polar surface area (TPSA) is 67.9 Å². The molecule has 1 fully saturated rings. The molecular weight excluding hydrogens is 411 g/mol. The Morgan fingerprint density at radius 2 is 1.78 bits per heavy atom. The number of carbonyl (C=O) groups excluding carboxylic acids is 2. The minimum atomic E-state index is -0.594. The highest BCUT2D eigenvalue weighted by Crippen LogP contribution is 2.36. The van der Waals surface area contributed by atoms with E-state index in [1.165, 1.54) is 17.7 Å². The molecule has 4 rings (SSSR count). The van der Waals surface area contributed by atoms with Crippen LogP contribution in [0, 0.1) is 5.82 Å². The number of benzene rings is 2. The normalized spacial score (nSPS) is 22.4. The van der Waals surface area contributed by atoms with Crippen molar-refractivity contribution in [2.75, 3.05) is 6.54 Å². The smallest absolute Gasteiger partial charge is 0.410 e. The van der Waals surface area contributed by atoms with E-state index in [0.29, 0.717) is 19.4 Å². The van der Waals surface area contributed by atoms with E-state index in [0.717, 1.165) is 17.5 Å². The molecule has 1 aliphatic carbocycles. The fraction of sp³-hybridized carbons (Fsp3) is 0.440. The number of rotatable bonds is 3. The molecule has 2 amide bonds. The fourth-order valence-electron chi connectivity index (χ4n) is 4.20. The van der Waals surface area contributed by atoms with Crippen molar-refractivity contribution in [3.63, 3.8) is 0 Å². The molecular formula is C25H29FN2O4. The molecule has 3 atom stereocenters. The molecule has 2 aromatic carbocycles. The first kappa shape index (κ1) is 22.1. The quantitative estimate of drug-likeness (QED) is 0.732. The van der Waals surface area contributed by atoms with E-state index >= 15 is 0 Å². The minimum absolute atomic E-state index is 0.268. The third kappa shape index (κ3) is 4.87. The van der Waals surface area contributed by atoms with Gasteiger partial charge in [0.2, 0.25) is 0 Å². The van der Waals surface area contributed by atoms with Crippen LogP contribution in [0.4, 0.5) is 14.0 Å². The predicted octanol–water partition coefficient (Wildman–Crippen LogP) is 4.97. The number of carbonyl (C=O) groups is 2. The van der Waals surface area contributed by atoms with Crippen LogP contribution in [0.2, 0.25) is 0 Å². The first-order chi connectivity index (χ1) is 15.2. The number of nitrogens with zero attached hydrogens (tertiary/aromatic N) is 1. The van der Waals surface area contributed by atoms with Crippen LogP contribution in [0.15, 0.2) is 48.5 Å². The second-order valence-electron chi connectivity index (χ2n) is 9.35. The lowest BCUT2D eigenvalue weighted by Gasteiger charge is -2.41. The Morgan fingerprint density at radius 1 is 1.06 bits per heavy atom. The van der Waals surface area contributed by atoms with Gasteiger partial charge in [0.05, 0.1) is 12.1 Å². The van der Waals surface area contributed by atoms with Gasteiger partial charge in [-0.1, -0.05) is 36.4 Å². The highest BCUT2D eigenvalue weighted by atomic mass is 19.1. The molecule has 0 spiro atoms. The van der Waals surface area contributed by atoms with Crippen molar-refractivity contribution in [1.82, 2.24) is 10.2 Å². The number of hydrogen-bond acceptors (Lipinski definition) is 4. The summed E-state index contributed by atoms with van der Waals surface area (Å²) in [6, 6.07) is 13.6. The van der Waals surface area contributed by atoms with E-state index < -0.39 is 23.9 Å². The number of hydrogen-bond donors (Lipinski definition) is 1. The number of fused-ring (bicyclic) bond motifs is 1. The van der Waals surface area contributed by atoms with E-state index in [2.05, 4.69) is 11.4 Å². The molecule has 1 N–H and O–H groups in total. The number of ether oxygens (including phenoxy) is 2. The van der Waals surface area contributed by atoms with Crippen LogP contribution >= 0.6 is 0 Å². The second kappa shape index (κ2) is 8.81. The van der Waals surface area contributed by atoms with Crippen molar-refractivity contribution in [3.05, 3.63) is 71.0 Å². The molecule has 0 aromatic heterocycles. The monoisotopic (exact) mass is 440 g/mol. The van der Waals surface area contributed by atoms with Gasteiger partial charge in [0.15, 0.2) is 0 Å². The summed E-state index contributed by atoms with van der Waals surface area (Å²) in [4.78, 5) is 27.0. The van der Waals surface area contributed by atoms with E-state index in [-0.39, 0.29) is 17.9 Å². The van der Waals surface area contributed by atoms with Crippen LogP contribution in [0.3, 0.4) is 0 Å². The lowest BCUT2D eigenvalue weighted by Crippen LogP contribution is -2.54. The first-order valence-electron chi connectivity index (χ1n) is 11.0. The standard InChI is InChI=1S/C25H29FN2O4/c1-25(2,3)32-23(29)27-20-12-13-21(20)31-24(30)28-15-14-16-6-4-5-7-19(16)22(28)17-8-10-18(26)11-9-17/h4-11,20-22H,12-15H2,1-3H3,(H,27,29)/t20-,21+,22-/m0/s1. The van der Waals surface area contributed by atoms with Gasteiger partial charge >= 0.3 is 12.2 Å². The van der Waals surface area contributed by atoms with Crippen molar-refractivity contribution in [2.24, 2.45) is 0 Å². The van der Waals surface area contributed by atoms with E-state index in [1.54, 1.807) is 37.8 Å². The van der Waals surface area contributed by atoms with Crippen molar-refractivity contribution < 1.29 is 23.5 Å². The van der Waals surface area contributed by atoms with E-state index in [1.807, 2.05) is 18.2 Å². The maximum atomic E-state index is 13.5. The van der Waals surface area contributed by atoms with Crippen LogP contribution < -0.4 is 5.32 Å².